The monoisotopic (exact) mass is 525 g/mol. The van der Waals surface area contributed by atoms with Crippen LogP contribution in [0.15, 0.2) is 4.99 Å². The molecule has 9 N–H and O–H groups in total. The third kappa shape index (κ3) is 9.31. The summed E-state index contributed by atoms with van der Waals surface area (Å²) in [5.74, 6) is -3.96. The first kappa shape index (κ1) is 28.3. The van der Waals surface area contributed by atoms with Crippen molar-refractivity contribution in [2.45, 2.75) is 30.7 Å². The van der Waals surface area contributed by atoms with Gasteiger partial charge in [0.2, 0.25) is 0 Å². The molecular weight excluding hydrogens is 508 g/mol. The van der Waals surface area contributed by atoms with E-state index in [1.165, 1.54) is 0 Å². The average molecular weight is 525 g/mol. The van der Waals surface area contributed by atoms with Gasteiger partial charge in [-0.1, -0.05) is 0 Å². The number of nitrogens with two attached hydrogens (primary N) is 1. The van der Waals surface area contributed by atoms with E-state index in [1.54, 1.807) is 0 Å². The largest absolute Gasteiger partial charge is 0.490 e. The molecule has 7 unspecified atom stereocenters. The lowest BCUT2D eigenvalue weighted by molar-refractivity contribution is -0.138. The van der Waals surface area contributed by atoms with Crippen molar-refractivity contribution in [3.8, 4) is 0 Å². The SMILES string of the molecule is N=C(N)C(C=NC1OC(COP(=O)(O)OP(=O)(O)OP(=O)(O)O)C(O)C1O)C(F)(F)F. The summed E-state index contributed by atoms with van der Waals surface area (Å²) in [5, 5.41) is 26.4. The number of hydrogen-bond acceptors (Lipinski definition) is 11. The normalized spacial score (nSPS) is 30.1. The molecule has 22 heteroatoms. The van der Waals surface area contributed by atoms with Gasteiger partial charge in [0.1, 0.15) is 30.1 Å². The zero-order valence-corrected chi connectivity index (χ0v) is 17.4. The average Bonchev–Trinajstić information content (AvgIpc) is 2.76. The number of nitrogens with one attached hydrogen (secondary N) is 1. The number of aliphatic hydroxyl groups excluding tert-OH is 2. The second-order valence-electron chi connectivity index (χ2n) is 5.71. The summed E-state index contributed by atoms with van der Waals surface area (Å²) in [5.41, 5.74) is 4.81. The molecule has 7 atom stereocenters. The van der Waals surface area contributed by atoms with Crippen molar-refractivity contribution < 1.29 is 74.5 Å². The molecule has 1 aliphatic rings. The number of phosphoric ester groups is 1. The summed E-state index contributed by atoms with van der Waals surface area (Å²) >= 11 is 0. The number of aliphatic imine (C=N–C) groups is 1. The molecule has 1 saturated heterocycles. The predicted octanol–water partition coefficient (Wildman–Crippen LogP) is -1.04. The lowest BCUT2D eigenvalue weighted by atomic mass is 10.1. The maximum atomic E-state index is 12.7. The van der Waals surface area contributed by atoms with Crippen LogP contribution in [0.4, 0.5) is 13.2 Å². The molecule has 1 fully saturated rings. The zero-order valence-electron chi connectivity index (χ0n) is 14.7. The number of alkyl halides is 3. The summed E-state index contributed by atoms with van der Waals surface area (Å²) in [6.07, 6.45) is -12.4. The standard InChI is InChI=1S/C9H17F3N3O13P3/c10-9(11,12)3(7(13)14)1-15-8-6(17)5(16)4(26-8)2-25-30(21,22)28-31(23,24)27-29(18,19)20/h1,3-6,8,16-17H,2H2,(H3,13,14)(H,21,22)(H,23,24)(H2,18,19,20). The van der Waals surface area contributed by atoms with Crippen LogP contribution in [-0.4, -0.2) is 79.2 Å². The highest BCUT2D eigenvalue weighted by atomic mass is 31.3. The van der Waals surface area contributed by atoms with Gasteiger partial charge in [-0.2, -0.15) is 21.8 Å². The summed E-state index contributed by atoms with van der Waals surface area (Å²) in [6, 6.07) is 0. The van der Waals surface area contributed by atoms with Crippen LogP contribution in [0.3, 0.4) is 0 Å². The summed E-state index contributed by atoms with van der Waals surface area (Å²) in [7, 11) is -17.0. The number of aliphatic hydroxyl groups is 2. The van der Waals surface area contributed by atoms with Crippen LogP contribution in [0.1, 0.15) is 0 Å². The Morgan fingerprint density at radius 2 is 1.68 bits per heavy atom. The minimum absolute atomic E-state index is 0.133. The van der Waals surface area contributed by atoms with Gasteiger partial charge < -0.3 is 40.3 Å². The number of halogens is 3. The van der Waals surface area contributed by atoms with Gasteiger partial charge in [-0.15, -0.1) is 0 Å². The Bertz CT molecular complexity index is 834. The first-order chi connectivity index (χ1) is 13.7. The van der Waals surface area contributed by atoms with Gasteiger partial charge in [-0.25, -0.2) is 13.7 Å². The smallest absolute Gasteiger partial charge is 0.387 e. The Kier molecular flexibility index (Phi) is 9.12. The van der Waals surface area contributed by atoms with Crippen LogP contribution >= 0.6 is 23.5 Å². The first-order valence-electron chi connectivity index (χ1n) is 7.48. The highest BCUT2D eigenvalue weighted by Crippen LogP contribution is 2.66. The minimum atomic E-state index is -5.80. The fraction of sp³-hybridized carbons (Fsp3) is 0.778. The van der Waals surface area contributed by atoms with Crippen LogP contribution in [0, 0.1) is 11.3 Å². The van der Waals surface area contributed by atoms with Gasteiger partial charge >= 0.3 is 29.6 Å². The maximum Gasteiger partial charge on any atom is 0.490 e. The molecule has 0 aromatic rings. The number of nitrogens with zero attached hydrogens (tertiary/aromatic N) is 1. The van der Waals surface area contributed by atoms with Crippen molar-refractivity contribution in [3.05, 3.63) is 0 Å². The van der Waals surface area contributed by atoms with E-state index in [9.17, 15) is 42.0 Å². The maximum absolute atomic E-state index is 12.7. The molecule has 31 heavy (non-hydrogen) atoms. The Labute approximate surface area is 170 Å². The molecule has 0 aromatic carbocycles. The Hall–Kier alpha value is -0.780. The lowest BCUT2D eigenvalue weighted by Crippen LogP contribution is -2.37. The number of ether oxygens (including phenoxy) is 1. The number of rotatable bonds is 10. The van der Waals surface area contributed by atoms with Crippen LogP contribution in [0.25, 0.3) is 0 Å². The molecule has 0 amide bonds. The molecule has 1 aliphatic heterocycles. The number of hydrogen-bond donors (Lipinski definition) is 8. The van der Waals surface area contributed by atoms with E-state index in [0.29, 0.717) is 0 Å². The van der Waals surface area contributed by atoms with E-state index in [1.807, 2.05) is 0 Å². The topological polar surface area (TPSA) is 272 Å². The molecule has 0 bridgehead atoms. The summed E-state index contributed by atoms with van der Waals surface area (Å²) in [4.78, 5) is 38.3. The van der Waals surface area contributed by atoms with Crippen LogP contribution in [-0.2, 0) is 31.6 Å². The molecule has 16 nitrogen and oxygen atoms in total. The zero-order chi connectivity index (χ0) is 24.4. The predicted molar refractivity (Wildman–Crippen MR) is 90.4 cm³/mol. The minimum Gasteiger partial charge on any atom is -0.387 e. The second kappa shape index (κ2) is 10.0. The van der Waals surface area contributed by atoms with Gasteiger partial charge in [-0.05, 0) is 0 Å². The van der Waals surface area contributed by atoms with Crippen molar-refractivity contribution in [3.63, 3.8) is 0 Å². The Morgan fingerprint density at radius 3 is 2.13 bits per heavy atom. The van der Waals surface area contributed by atoms with Crippen molar-refractivity contribution in [1.82, 2.24) is 0 Å². The van der Waals surface area contributed by atoms with E-state index in [0.717, 1.165) is 0 Å². The quantitative estimate of drug-likeness (QED) is 0.0962. The highest BCUT2D eigenvalue weighted by Gasteiger charge is 2.46. The molecule has 1 heterocycles. The van der Waals surface area contributed by atoms with Crippen molar-refractivity contribution in [2.24, 2.45) is 16.6 Å². The summed E-state index contributed by atoms with van der Waals surface area (Å²) < 4.78 is 87.4. The molecular formula is C9H17F3N3O13P3. The molecule has 1 rings (SSSR count). The van der Waals surface area contributed by atoms with Gasteiger partial charge in [0, 0.05) is 6.21 Å². The van der Waals surface area contributed by atoms with E-state index in [4.69, 9.17) is 30.6 Å². The van der Waals surface area contributed by atoms with E-state index in [-0.39, 0.29) is 6.21 Å². The van der Waals surface area contributed by atoms with E-state index in [2.05, 4.69) is 18.1 Å². The first-order valence-corrected chi connectivity index (χ1v) is 12.0. The molecule has 0 aliphatic carbocycles. The van der Waals surface area contributed by atoms with Crippen LogP contribution < -0.4 is 5.73 Å². The van der Waals surface area contributed by atoms with Crippen molar-refractivity contribution >= 4 is 35.5 Å². The third-order valence-corrected chi connectivity index (χ3v) is 7.03. The fourth-order valence-electron chi connectivity index (χ4n) is 1.97. The highest BCUT2D eigenvalue weighted by molar-refractivity contribution is 7.66. The van der Waals surface area contributed by atoms with Gasteiger partial charge in [0.25, 0.3) is 0 Å². The number of phosphoric acid groups is 3. The molecule has 0 saturated carbocycles. The Morgan fingerprint density at radius 1 is 1.13 bits per heavy atom. The number of amidine groups is 1. The molecule has 0 aromatic heterocycles. The van der Waals surface area contributed by atoms with E-state index < -0.39 is 72.5 Å². The van der Waals surface area contributed by atoms with Crippen LogP contribution in [0.5, 0.6) is 0 Å². The Balaban J connectivity index is 2.78. The fourth-order valence-corrected chi connectivity index (χ4v) is 5.00. The van der Waals surface area contributed by atoms with Crippen molar-refractivity contribution in [2.75, 3.05) is 6.61 Å². The van der Waals surface area contributed by atoms with Gasteiger partial charge in [-0.3, -0.25) is 14.9 Å². The molecule has 182 valence electrons. The van der Waals surface area contributed by atoms with E-state index >= 15 is 0 Å². The van der Waals surface area contributed by atoms with Crippen molar-refractivity contribution in [1.29, 1.82) is 5.41 Å². The molecule has 0 radical (unpaired) electrons. The molecule has 0 spiro atoms. The lowest BCUT2D eigenvalue weighted by Gasteiger charge is -2.19. The second-order valence-corrected chi connectivity index (χ2v) is 10.1. The van der Waals surface area contributed by atoms with Gasteiger partial charge in [0.15, 0.2) is 6.23 Å². The third-order valence-electron chi connectivity index (χ3n) is 3.22. The van der Waals surface area contributed by atoms with Gasteiger partial charge in [0.05, 0.1) is 6.61 Å². The van der Waals surface area contributed by atoms with Crippen LogP contribution in [0.2, 0.25) is 0 Å². The summed E-state index contributed by atoms with van der Waals surface area (Å²) in [6.45, 7) is -1.18.